The zero-order chi connectivity index (χ0) is 13.0. The maximum Gasteiger partial charge on any atom is 0.108 e. The highest BCUT2D eigenvalue weighted by molar-refractivity contribution is 7.11. The molecule has 1 atom stereocenters. The van der Waals surface area contributed by atoms with E-state index in [0.29, 0.717) is 0 Å². The average molecular weight is 264 g/mol. The molecule has 0 spiro atoms. The van der Waals surface area contributed by atoms with Gasteiger partial charge in [0.05, 0.1) is 12.3 Å². The highest BCUT2D eigenvalue weighted by atomic mass is 32.1. The number of hydrazine groups is 1. The van der Waals surface area contributed by atoms with E-state index in [1.54, 1.807) is 6.26 Å². The summed E-state index contributed by atoms with van der Waals surface area (Å²) in [6.45, 7) is 4.27. The molecule has 0 saturated carbocycles. The second-order valence-electron chi connectivity index (χ2n) is 4.30. The fraction of sp³-hybridized carbons (Fsp3) is 0.429. The van der Waals surface area contributed by atoms with Crippen LogP contribution in [0.4, 0.5) is 0 Å². The van der Waals surface area contributed by atoms with Crippen LogP contribution < -0.4 is 11.3 Å². The monoisotopic (exact) mass is 264 g/mol. The normalized spacial score (nSPS) is 12.8. The highest BCUT2D eigenvalue weighted by Crippen LogP contribution is 2.26. The summed E-state index contributed by atoms with van der Waals surface area (Å²) in [5.74, 6) is 6.71. The Kier molecular flexibility index (Phi) is 4.58. The molecule has 0 radical (unpaired) electrons. The van der Waals surface area contributed by atoms with Crippen molar-refractivity contribution in [2.45, 2.75) is 39.2 Å². The number of aryl methyl sites for hydroxylation is 2. The molecule has 2 rings (SSSR count). The van der Waals surface area contributed by atoms with Crippen LogP contribution >= 0.6 is 11.3 Å². The molecule has 98 valence electrons. The first-order chi connectivity index (χ1) is 8.78. The van der Waals surface area contributed by atoms with E-state index in [0.717, 1.165) is 25.0 Å². The minimum Gasteiger partial charge on any atom is -0.469 e. The first-order valence-corrected chi connectivity index (χ1v) is 7.20. The van der Waals surface area contributed by atoms with E-state index in [4.69, 9.17) is 10.3 Å². The van der Waals surface area contributed by atoms with Gasteiger partial charge in [0.15, 0.2) is 0 Å². The van der Waals surface area contributed by atoms with E-state index in [-0.39, 0.29) is 6.04 Å². The van der Waals surface area contributed by atoms with Gasteiger partial charge in [0, 0.05) is 28.2 Å². The molecule has 0 aromatic carbocycles. The van der Waals surface area contributed by atoms with Gasteiger partial charge in [0.2, 0.25) is 0 Å². The molecule has 0 fully saturated rings. The minimum atomic E-state index is 0.127. The van der Waals surface area contributed by atoms with E-state index in [1.807, 2.05) is 17.4 Å². The van der Waals surface area contributed by atoms with Gasteiger partial charge in [0.25, 0.3) is 0 Å². The summed E-state index contributed by atoms with van der Waals surface area (Å²) < 4.78 is 5.47. The van der Waals surface area contributed by atoms with Gasteiger partial charge in [0.1, 0.15) is 5.76 Å². The molecule has 3 nitrogen and oxygen atoms in total. The van der Waals surface area contributed by atoms with Gasteiger partial charge in [-0.2, -0.15) is 0 Å². The predicted octanol–water partition coefficient (Wildman–Crippen LogP) is 3.21. The molecule has 0 amide bonds. The lowest BCUT2D eigenvalue weighted by Gasteiger charge is -2.14. The largest absolute Gasteiger partial charge is 0.469 e. The lowest BCUT2D eigenvalue weighted by atomic mass is 10.0. The van der Waals surface area contributed by atoms with Crippen molar-refractivity contribution in [3.05, 3.63) is 45.5 Å². The van der Waals surface area contributed by atoms with Crippen molar-refractivity contribution in [1.82, 2.24) is 5.43 Å². The Hall–Kier alpha value is -1.10. The molecule has 2 aromatic heterocycles. The molecule has 0 aliphatic rings. The fourth-order valence-corrected chi connectivity index (χ4v) is 3.13. The van der Waals surface area contributed by atoms with Crippen LogP contribution in [0.2, 0.25) is 0 Å². The van der Waals surface area contributed by atoms with Gasteiger partial charge in [-0.25, -0.2) is 0 Å². The van der Waals surface area contributed by atoms with Crippen molar-refractivity contribution in [3.8, 4) is 0 Å². The van der Waals surface area contributed by atoms with Crippen molar-refractivity contribution in [3.63, 3.8) is 0 Å². The Morgan fingerprint density at radius 1 is 1.22 bits per heavy atom. The minimum absolute atomic E-state index is 0.127. The third kappa shape index (κ3) is 2.83. The maximum absolute atomic E-state index is 5.69. The summed E-state index contributed by atoms with van der Waals surface area (Å²) in [5.41, 5.74) is 4.07. The molecule has 0 aliphatic carbocycles. The van der Waals surface area contributed by atoms with Crippen LogP contribution in [0.15, 0.2) is 28.9 Å². The van der Waals surface area contributed by atoms with Crippen LogP contribution in [-0.2, 0) is 19.3 Å². The Balaban J connectivity index is 2.14. The molecule has 0 aliphatic heterocycles. The molecule has 2 aromatic rings. The molecule has 1 unspecified atom stereocenters. The summed E-state index contributed by atoms with van der Waals surface area (Å²) in [6, 6.07) is 6.53. The zero-order valence-corrected chi connectivity index (χ0v) is 11.7. The van der Waals surface area contributed by atoms with Crippen LogP contribution in [0, 0.1) is 0 Å². The van der Waals surface area contributed by atoms with E-state index in [1.165, 1.54) is 15.3 Å². The molecule has 0 bridgehead atoms. The second-order valence-corrected chi connectivity index (χ2v) is 5.55. The first kappa shape index (κ1) is 13.3. The van der Waals surface area contributed by atoms with Crippen LogP contribution in [0.5, 0.6) is 0 Å². The molecule has 3 N–H and O–H groups in total. The van der Waals surface area contributed by atoms with Gasteiger partial charge < -0.3 is 4.42 Å². The molecule has 2 heterocycles. The number of nitrogens with two attached hydrogens (primary N) is 1. The Morgan fingerprint density at radius 3 is 2.61 bits per heavy atom. The van der Waals surface area contributed by atoms with Crippen molar-refractivity contribution >= 4 is 11.3 Å². The number of furan rings is 1. The summed E-state index contributed by atoms with van der Waals surface area (Å²) in [4.78, 5) is 2.78. The fourth-order valence-electron chi connectivity index (χ4n) is 2.13. The van der Waals surface area contributed by atoms with Crippen LogP contribution in [-0.4, -0.2) is 0 Å². The standard InChI is InChI=1S/C14H20N2OS/c1-3-10-5-6-11(18-10)9-13(16-15)12-7-8-17-14(12)4-2/h5-8,13,16H,3-4,9,15H2,1-2H3. The highest BCUT2D eigenvalue weighted by Gasteiger charge is 2.17. The molecule has 18 heavy (non-hydrogen) atoms. The number of hydrogen-bond acceptors (Lipinski definition) is 4. The lowest BCUT2D eigenvalue weighted by molar-refractivity contribution is 0.488. The third-order valence-corrected chi connectivity index (χ3v) is 4.40. The number of hydrogen-bond donors (Lipinski definition) is 2. The maximum atomic E-state index is 5.69. The molecular weight excluding hydrogens is 244 g/mol. The molecule has 0 saturated heterocycles. The predicted molar refractivity (Wildman–Crippen MR) is 75.6 cm³/mol. The van der Waals surface area contributed by atoms with Gasteiger partial charge in [-0.05, 0) is 24.6 Å². The summed E-state index contributed by atoms with van der Waals surface area (Å²) in [6.07, 6.45) is 4.64. The van der Waals surface area contributed by atoms with Gasteiger partial charge in [-0.1, -0.05) is 13.8 Å². The van der Waals surface area contributed by atoms with E-state index < -0.39 is 0 Å². The summed E-state index contributed by atoms with van der Waals surface area (Å²) in [7, 11) is 0. The number of nitrogens with one attached hydrogen (secondary N) is 1. The SMILES string of the molecule is CCc1ccc(CC(NN)c2ccoc2CC)s1. The Bertz CT molecular complexity index is 489. The smallest absolute Gasteiger partial charge is 0.108 e. The molecular formula is C14H20N2OS. The van der Waals surface area contributed by atoms with Crippen molar-refractivity contribution in [2.24, 2.45) is 5.84 Å². The van der Waals surface area contributed by atoms with Gasteiger partial charge in [-0.15, -0.1) is 11.3 Å². The lowest BCUT2D eigenvalue weighted by Crippen LogP contribution is -2.29. The summed E-state index contributed by atoms with van der Waals surface area (Å²) >= 11 is 1.86. The zero-order valence-electron chi connectivity index (χ0n) is 10.9. The second kappa shape index (κ2) is 6.18. The van der Waals surface area contributed by atoms with Crippen LogP contribution in [0.25, 0.3) is 0 Å². The average Bonchev–Trinajstić information content (AvgIpc) is 3.04. The quantitative estimate of drug-likeness (QED) is 0.622. The van der Waals surface area contributed by atoms with Crippen molar-refractivity contribution in [2.75, 3.05) is 0 Å². The Morgan fingerprint density at radius 2 is 2.00 bits per heavy atom. The van der Waals surface area contributed by atoms with E-state index in [2.05, 4.69) is 31.4 Å². The van der Waals surface area contributed by atoms with E-state index in [9.17, 15) is 0 Å². The van der Waals surface area contributed by atoms with Crippen molar-refractivity contribution < 1.29 is 4.42 Å². The van der Waals surface area contributed by atoms with Gasteiger partial charge >= 0.3 is 0 Å². The molecule has 4 heteroatoms. The van der Waals surface area contributed by atoms with Crippen LogP contribution in [0.1, 0.15) is 41.0 Å². The Labute approximate surface area is 112 Å². The van der Waals surface area contributed by atoms with Gasteiger partial charge in [-0.3, -0.25) is 11.3 Å². The third-order valence-electron chi connectivity index (χ3n) is 3.15. The first-order valence-electron chi connectivity index (χ1n) is 6.38. The summed E-state index contributed by atoms with van der Waals surface area (Å²) in [5, 5.41) is 0. The number of thiophene rings is 1. The van der Waals surface area contributed by atoms with Crippen molar-refractivity contribution in [1.29, 1.82) is 0 Å². The van der Waals surface area contributed by atoms with Crippen LogP contribution in [0.3, 0.4) is 0 Å². The van der Waals surface area contributed by atoms with E-state index >= 15 is 0 Å². The topological polar surface area (TPSA) is 51.2 Å². The number of rotatable bonds is 6.